The maximum atomic E-state index is 11.9. The van der Waals surface area contributed by atoms with Crippen LogP contribution in [0.3, 0.4) is 0 Å². The SMILES string of the molecule is NNC(=O)C(Sc1nccnc1N)c1ccccc1. The Morgan fingerprint density at radius 3 is 2.53 bits per heavy atom. The van der Waals surface area contributed by atoms with Gasteiger partial charge >= 0.3 is 0 Å². The first kappa shape index (κ1) is 13.3. The average molecular weight is 275 g/mol. The first-order valence-corrected chi connectivity index (χ1v) is 6.39. The van der Waals surface area contributed by atoms with Crippen molar-refractivity contribution in [1.82, 2.24) is 15.4 Å². The largest absolute Gasteiger partial charge is 0.381 e. The first-order chi connectivity index (χ1) is 9.22. The van der Waals surface area contributed by atoms with E-state index in [4.69, 9.17) is 11.6 Å². The topological polar surface area (TPSA) is 107 Å². The minimum Gasteiger partial charge on any atom is -0.381 e. The average Bonchev–Trinajstić information content (AvgIpc) is 2.46. The summed E-state index contributed by atoms with van der Waals surface area (Å²) in [5.74, 6) is 5.19. The molecular formula is C12H13N5OS. The summed E-state index contributed by atoms with van der Waals surface area (Å²) in [4.78, 5) is 19.9. The van der Waals surface area contributed by atoms with Gasteiger partial charge in [-0.3, -0.25) is 10.2 Å². The van der Waals surface area contributed by atoms with Crippen LogP contribution in [0.1, 0.15) is 10.8 Å². The van der Waals surface area contributed by atoms with Crippen molar-refractivity contribution >= 4 is 23.5 Å². The Bertz CT molecular complexity index is 563. The fourth-order valence-electron chi connectivity index (χ4n) is 1.51. The number of anilines is 1. The van der Waals surface area contributed by atoms with Gasteiger partial charge in [-0.25, -0.2) is 15.8 Å². The highest BCUT2D eigenvalue weighted by Crippen LogP contribution is 2.35. The van der Waals surface area contributed by atoms with Crippen molar-refractivity contribution in [3.05, 3.63) is 48.3 Å². The molecule has 2 rings (SSSR count). The summed E-state index contributed by atoms with van der Waals surface area (Å²) in [6, 6.07) is 9.28. The molecule has 1 aromatic heterocycles. The van der Waals surface area contributed by atoms with Gasteiger partial charge in [0.05, 0.1) is 0 Å². The summed E-state index contributed by atoms with van der Waals surface area (Å²) in [5, 5.41) is -0.0230. The number of aromatic nitrogens is 2. The highest BCUT2D eigenvalue weighted by molar-refractivity contribution is 8.00. The number of hydrogen-bond donors (Lipinski definition) is 3. The number of nitrogen functional groups attached to an aromatic ring is 1. The summed E-state index contributed by atoms with van der Waals surface area (Å²) in [6.07, 6.45) is 3.03. The van der Waals surface area contributed by atoms with Crippen LogP contribution in [0.25, 0.3) is 0 Å². The van der Waals surface area contributed by atoms with Gasteiger partial charge in [0.15, 0.2) is 5.82 Å². The number of hydrazine groups is 1. The van der Waals surface area contributed by atoms with Gasteiger partial charge in [0.1, 0.15) is 10.3 Å². The van der Waals surface area contributed by atoms with E-state index >= 15 is 0 Å². The van der Waals surface area contributed by atoms with Crippen LogP contribution in [0.15, 0.2) is 47.8 Å². The third-order valence-electron chi connectivity index (χ3n) is 2.40. The molecule has 0 aliphatic rings. The fraction of sp³-hybridized carbons (Fsp3) is 0.0833. The second-order valence-electron chi connectivity index (χ2n) is 3.66. The molecule has 98 valence electrons. The predicted octanol–water partition coefficient (Wildman–Crippen LogP) is 0.882. The smallest absolute Gasteiger partial charge is 0.251 e. The zero-order valence-corrected chi connectivity index (χ0v) is 10.8. The molecule has 7 heteroatoms. The lowest BCUT2D eigenvalue weighted by Crippen LogP contribution is -2.33. The summed E-state index contributed by atoms with van der Waals surface area (Å²) >= 11 is 1.21. The van der Waals surface area contributed by atoms with Crippen molar-refractivity contribution in [3.8, 4) is 0 Å². The summed E-state index contributed by atoms with van der Waals surface area (Å²) in [6.45, 7) is 0. The Balaban J connectivity index is 2.30. The van der Waals surface area contributed by atoms with Gasteiger partial charge in [0.25, 0.3) is 5.91 Å². The second-order valence-corrected chi connectivity index (χ2v) is 4.76. The van der Waals surface area contributed by atoms with Crippen LogP contribution >= 0.6 is 11.8 Å². The monoisotopic (exact) mass is 275 g/mol. The molecule has 0 spiro atoms. The van der Waals surface area contributed by atoms with E-state index in [1.54, 1.807) is 0 Å². The van der Waals surface area contributed by atoms with Crippen molar-refractivity contribution in [2.24, 2.45) is 5.84 Å². The summed E-state index contributed by atoms with van der Waals surface area (Å²) < 4.78 is 0. The number of rotatable bonds is 4. The molecule has 0 fully saturated rings. The number of amides is 1. The number of hydrogen-bond acceptors (Lipinski definition) is 6. The van der Waals surface area contributed by atoms with E-state index in [0.717, 1.165) is 5.56 Å². The van der Waals surface area contributed by atoms with Gasteiger partial charge in [-0.2, -0.15) is 0 Å². The lowest BCUT2D eigenvalue weighted by Gasteiger charge is -2.15. The molecule has 1 amide bonds. The fourth-order valence-corrected chi connectivity index (χ4v) is 2.50. The Morgan fingerprint density at radius 1 is 1.21 bits per heavy atom. The zero-order chi connectivity index (χ0) is 13.7. The molecule has 0 bridgehead atoms. The van der Waals surface area contributed by atoms with Crippen molar-refractivity contribution in [2.75, 3.05) is 5.73 Å². The van der Waals surface area contributed by atoms with E-state index in [0.29, 0.717) is 10.8 Å². The first-order valence-electron chi connectivity index (χ1n) is 5.51. The van der Waals surface area contributed by atoms with Crippen LogP contribution in [0.2, 0.25) is 0 Å². The predicted molar refractivity (Wildman–Crippen MR) is 73.8 cm³/mol. The molecule has 0 radical (unpaired) electrons. The lowest BCUT2D eigenvalue weighted by atomic mass is 10.1. The maximum absolute atomic E-state index is 11.9. The second kappa shape index (κ2) is 6.17. The molecule has 1 unspecified atom stereocenters. The Kier molecular flexibility index (Phi) is 4.32. The Morgan fingerprint density at radius 2 is 1.89 bits per heavy atom. The van der Waals surface area contributed by atoms with Gasteiger partial charge in [-0.05, 0) is 5.56 Å². The minimum atomic E-state index is -0.523. The van der Waals surface area contributed by atoms with Gasteiger partial charge in [0, 0.05) is 12.4 Å². The van der Waals surface area contributed by atoms with Crippen molar-refractivity contribution < 1.29 is 4.79 Å². The van der Waals surface area contributed by atoms with Crippen LogP contribution < -0.4 is 17.0 Å². The molecule has 2 aromatic rings. The highest BCUT2D eigenvalue weighted by Gasteiger charge is 2.22. The van der Waals surface area contributed by atoms with Crippen LogP contribution in [0.5, 0.6) is 0 Å². The van der Waals surface area contributed by atoms with Crippen LogP contribution in [0, 0.1) is 0 Å². The molecule has 0 saturated carbocycles. The number of benzene rings is 1. The standard InChI is InChI=1S/C12H13N5OS/c13-10-12(16-7-6-15-10)19-9(11(18)17-14)8-4-2-1-3-5-8/h1-7,9H,14H2,(H2,13,15)(H,17,18). The molecule has 19 heavy (non-hydrogen) atoms. The van der Waals surface area contributed by atoms with Gasteiger partial charge < -0.3 is 5.73 Å². The quantitative estimate of drug-likeness (QED) is 0.331. The van der Waals surface area contributed by atoms with Gasteiger partial charge in [0.2, 0.25) is 0 Å². The van der Waals surface area contributed by atoms with Crippen LogP contribution in [0.4, 0.5) is 5.82 Å². The van der Waals surface area contributed by atoms with Crippen molar-refractivity contribution in [1.29, 1.82) is 0 Å². The van der Waals surface area contributed by atoms with Gasteiger partial charge in [-0.1, -0.05) is 42.1 Å². The molecule has 5 N–H and O–H groups in total. The third-order valence-corrected chi connectivity index (χ3v) is 3.66. The highest BCUT2D eigenvalue weighted by atomic mass is 32.2. The maximum Gasteiger partial charge on any atom is 0.251 e. The van der Waals surface area contributed by atoms with E-state index in [9.17, 15) is 4.79 Å². The number of carbonyl (C=O) groups excluding carboxylic acids is 1. The summed E-state index contributed by atoms with van der Waals surface area (Å²) in [7, 11) is 0. The summed E-state index contributed by atoms with van der Waals surface area (Å²) in [5.41, 5.74) is 8.71. The number of carbonyl (C=O) groups is 1. The Labute approximate surface area is 114 Å². The minimum absolute atomic E-state index is 0.290. The molecule has 0 saturated heterocycles. The van der Waals surface area contributed by atoms with Crippen molar-refractivity contribution in [3.63, 3.8) is 0 Å². The third kappa shape index (κ3) is 3.21. The molecule has 1 atom stereocenters. The van der Waals surface area contributed by atoms with Crippen LogP contribution in [-0.2, 0) is 4.79 Å². The molecule has 1 aromatic carbocycles. The van der Waals surface area contributed by atoms with E-state index in [2.05, 4.69) is 15.4 Å². The zero-order valence-electron chi connectivity index (χ0n) is 9.98. The Hall–Kier alpha value is -2.12. The number of nitrogens with zero attached hydrogens (tertiary/aromatic N) is 2. The van der Waals surface area contributed by atoms with Crippen molar-refractivity contribution in [2.45, 2.75) is 10.3 Å². The van der Waals surface area contributed by atoms with E-state index < -0.39 is 5.25 Å². The van der Waals surface area contributed by atoms with Gasteiger partial charge in [-0.15, -0.1) is 0 Å². The number of nitrogens with two attached hydrogens (primary N) is 2. The molecule has 6 nitrogen and oxygen atoms in total. The van der Waals surface area contributed by atoms with E-state index in [1.165, 1.54) is 24.2 Å². The van der Waals surface area contributed by atoms with E-state index in [1.807, 2.05) is 30.3 Å². The molecule has 0 aliphatic heterocycles. The molecular weight excluding hydrogens is 262 g/mol. The lowest BCUT2D eigenvalue weighted by molar-refractivity contribution is -0.120. The molecule has 0 aliphatic carbocycles. The van der Waals surface area contributed by atoms with E-state index in [-0.39, 0.29) is 5.91 Å². The number of thioether (sulfide) groups is 1. The normalized spacial score (nSPS) is 11.8. The number of nitrogens with one attached hydrogen (secondary N) is 1. The molecule has 1 heterocycles. The van der Waals surface area contributed by atoms with Crippen LogP contribution in [-0.4, -0.2) is 15.9 Å².